The largest absolute Gasteiger partial charge is 0.324 e. The van der Waals surface area contributed by atoms with Gasteiger partial charge in [-0.3, -0.25) is 0 Å². The van der Waals surface area contributed by atoms with E-state index in [1.165, 1.54) is 6.07 Å². The second kappa shape index (κ2) is 2.96. The summed E-state index contributed by atoms with van der Waals surface area (Å²) in [6.45, 7) is 1.89. The lowest BCUT2D eigenvalue weighted by Crippen LogP contribution is -2.07. The Morgan fingerprint density at radius 1 is 1.62 bits per heavy atom. The number of benzene rings is 1. The van der Waals surface area contributed by atoms with Crippen LogP contribution in [0.15, 0.2) is 6.07 Å². The molecule has 1 aromatic carbocycles. The van der Waals surface area contributed by atoms with Crippen LogP contribution < -0.4 is 5.73 Å². The lowest BCUT2D eigenvalue weighted by molar-refractivity contribution is 0.612. The summed E-state index contributed by atoms with van der Waals surface area (Å²) in [5.74, 6) is -0.210. The smallest absolute Gasteiger partial charge is 0.128 e. The lowest BCUT2D eigenvalue weighted by Gasteiger charge is -2.10. The zero-order valence-electron chi connectivity index (χ0n) is 7.40. The Hall–Kier alpha value is -0.600. The first-order valence-electron chi connectivity index (χ1n) is 4.34. The molecular weight excluding hydrogens is 189 g/mol. The van der Waals surface area contributed by atoms with E-state index in [9.17, 15) is 4.39 Å². The fourth-order valence-corrected chi connectivity index (χ4v) is 2.19. The van der Waals surface area contributed by atoms with E-state index >= 15 is 0 Å². The number of nitrogens with two attached hydrogens (primary N) is 1. The van der Waals surface area contributed by atoms with Gasteiger partial charge in [-0.1, -0.05) is 11.6 Å². The molecule has 13 heavy (non-hydrogen) atoms. The number of hydrogen-bond acceptors (Lipinski definition) is 1. The molecule has 1 unspecified atom stereocenters. The second-order valence-corrected chi connectivity index (χ2v) is 3.91. The van der Waals surface area contributed by atoms with Crippen molar-refractivity contribution in [3.63, 3.8) is 0 Å². The Morgan fingerprint density at radius 3 is 3.00 bits per heavy atom. The van der Waals surface area contributed by atoms with Crippen LogP contribution in [-0.4, -0.2) is 0 Å². The molecule has 2 N–H and O–H groups in total. The third-order valence-corrected chi connectivity index (χ3v) is 3.10. The molecule has 1 aromatic rings. The van der Waals surface area contributed by atoms with Crippen molar-refractivity contribution in [2.75, 3.05) is 0 Å². The van der Waals surface area contributed by atoms with Crippen molar-refractivity contribution in [3.05, 3.63) is 33.6 Å². The van der Waals surface area contributed by atoms with Crippen molar-refractivity contribution in [1.82, 2.24) is 0 Å². The van der Waals surface area contributed by atoms with E-state index in [-0.39, 0.29) is 11.9 Å². The number of fused-ring (bicyclic) bond motifs is 1. The van der Waals surface area contributed by atoms with Crippen LogP contribution in [0.2, 0.25) is 5.02 Å². The van der Waals surface area contributed by atoms with Gasteiger partial charge in [0.2, 0.25) is 0 Å². The van der Waals surface area contributed by atoms with Gasteiger partial charge >= 0.3 is 0 Å². The highest BCUT2D eigenvalue weighted by Gasteiger charge is 2.25. The van der Waals surface area contributed by atoms with Crippen molar-refractivity contribution in [3.8, 4) is 0 Å². The summed E-state index contributed by atoms with van der Waals surface area (Å²) >= 11 is 5.87. The predicted octanol–water partition coefficient (Wildman–Crippen LogP) is 2.73. The molecule has 0 saturated heterocycles. The first-order valence-corrected chi connectivity index (χ1v) is 4.72. The van der Waals surface area contributed by atoms with E-state index in [4.69, 9.17) is 17.3 Å². The van der Waals surface area contributed by atoms with Gasteiger partial charge in [0.25, 0.3) is 0 Å². The van der Waals surface area contributed by atoms with Gasteiger partial charge in [0.1, 0.15) is 5.82 Å². The fourth-order valence-electron chi connectivity index (χ4n) is 1.99. The Kier molecular flexibility index (Phi) is 2.05. The number of halogens is 2. The maximum absolute atomic E-state index is 13.4. The van der Waals surface area contributed by atoms with Gasteiger partial charge < -0.3 is 5.73 Å². The minimum Gasteiger partial charge on any atom is -0.324 e. The van der Waals surface area contributed by atoms with Crippen molar-refractivity contribution >= 4 is 11.6 Å². The standard InChI is InChI=1S/C10H11ClFN/c1-5-7(11)4-8(12)6-2-3-9(13)10(5)6/h4,9H,2-3,13H2,1H3. The molecule has 0 fully saturated rings. The van der Waals surface area contributed by atoms with E-state index in [0.29, 0.717) is 5.02 Å². The monoisotopic (exact) mass is 199 g/mol. The van der Waals surface area contributed by atoms with Crippen molar-refractivity contribution in [2.24, 2.45) is 5.73 Å². The number of rotatable bonds is 0. The Labute approximate surface area is 81.7 Å². The topological polar surface area (TPSA) is 26.0 Å². The van der Waals surface area contributed by atoms with Crippen molar-refractivity contribution in [2.45, 2.75) is 25.8 Å². The highest BCUT2D eigenvalue weighted by molar-refractivity contribution is 6.31. The maximum Gasteiger partial charge on any atom is 0.128 e. The summed E-state index contributed by atoms with van der Waals surface area (Å²) < 4.78 is 13.4. The van der Waals surface area contributed by atoms with Gasteiger partial charge in [0, 0.05) is 11.1 Å². The Balaban J connectivity index is 2.70. The third kappa shape index (κ3) is 1.25. The molecule has 3 heteroatoms. The van der Waals surface area contributed by atoms with Crippen LogP contribution in [0.25, 0.3) is 0 Å². The highest BCUT2D eigenvalue weighted by atomic mass is 35.5. The van der Waals surface area contributed by atoms with E-state index in [0.717, 1.165) is 29.5 Å². The van der Waals surface area contributed by atoms with Crippen LogP contribution in [0.4, 0.5) is 4.39 Å². The summed E-state index contributed by atoms with van der Waals surface area (Å²) in [6, 6.07) is 1.34. The molecule has 0 spiro atoms. The van der Waals surface area contributed by atoms with E-state index in [1.54, 1.807) is 0 Å². The van der Waals surface area contributed by atoms with Crippen LogP contribution >= 0.6 is 11.6 Å². The summed E-state index contributed by atoms with van der Waals surface area (Å²) in [5, 5.41) is 0.480. The zero-order valence-corrected chi connectivity index (χ0v) is 8.16. The van der Waals surface area contributed by atoms with Crippen LogP contribution in [0.3, 0.4) is 0 Å². The van der Waals surface area contributed by atoms with Gasteiger partial charge in [0.05, 0.1) is 0 Å². The fraction of sp³-hybridized carbons (Fsp3) is 0.400. The van der Waals surface area contributed by atoms with E-state index < -0.39 is 0 Å². The van der Waals surface area contributed by atoms with E-state index in [1.807, 2.05) is 6.92 Å². The Morgan fingerprint density at radius 2 is 2.31 bits per heavy atom. The molecule has 0 bridgehead atoms. The van der Waals surface area contributed by atoms with E-state index in [2.05, 4.69) is 0 Å². The lowest BCUT2D eigenvalue weighted by atomic mass is 10.0. The van der Waals surface area contributed by atoms with Gasteiger partial charge in [-0.25, -0.2) is 4.39 Å². The average Bonchev–Trinajstić information content (AvgIpc) is 2.44. The van der Waals surface area contributed by atoms with Crippen LogP contribution in [0, 0.1) is 12.7 Å². The molecule has 0 heterocycles. The molecule has 0 radical (unpaired) electrons. The average molecular weight is 200 g/mol. The van der Waals surface area contributed by atoms with Gasteiger partial charge in [-0.05, 0) is 42.5 Å². The Bertz CT molecular complexity index is 362. The summed E-state index contributed by atoms with van der Waals surface area (Å²) in [7, 11) is 0. The minimum atomic E-state index is -0.210. The first kappa shape index (κ1) is 8.97. The first-order chi connectivity index (χ1) is 6.11. The predicted molar refractivity (Wildman–Crippen MR) is 51.4 cm³/mol. The van der Waals surface area contributed by atoms with Crippen LogP contribution in [0.1, 0.15) is 29.2 Å². The van der Waals surface area contributed by atoms with Crippen LogP contribution in [0.5, 0.6) is 0 Å². The molecule has 1 aliphatic carbocycles. The molecule has 1 atom stereocenters. The third-order valence-electron chi connectivity index (χ3n) is 2.71. The molecule has 70 valence electrons. The normalized spacial score (nSPS) is 20.5. The summed E-state index contributed by atoms with van der Waals surface area (Å²) in [6.07, 6.45) is 1.56. The highest BCUT2D eigenvalue weighted by Crippen LogP contribution is 2.36. The molecule has 2 rings (SSSR count). The van der Waals surface area contributed by atoms with Crippen LogP contribution in [-0.2, 0) is 6.42 Å². The maximum atomic E-state index is 13.4. The molecule has 0 aromatic heterocycles. The molecule has 0 saturated carbocycles. The van der Waals surface area contributed by atoms with Gasteiger partial charge in [-0.15, -0.1) is 0 Å². The van der Waals surface area contributed by atoms with Crippen molar-refractivity contribution < 1.29 is 4.39 Å². The van der Waals surface area contributed by atoms with Crippen molar-refractivity contribution in [1.29, 1.82) is 0 Å². The quantitative estimate of drug-likeness (QED) is 0.683. The summed E-state index contributed by atoms with van der Waals surface area (Å²) in [5.41, 5.74) is 8.47. The van der Waals surface area contributed by atoms with Gasteiger partial charge in [0.15, 0.2) is 0 Å². The van der Waals surface area contributed by atoms with Gasteiger partial charge in [-0.2, -0.15) is 0 Å². The number of hydrogen-bond donors (Lipinski definition) is 1. The minimum absolute atomic E-state index is 0.0387. The second-order valence-electron chi connectivity index (χ2n) is 3.50. The molecule has 1 nitrogen and oxygen atoms in total. The zero-order chi connectivity index (χ0) is 9.59. The molecule has 1 aliphatic rings. The molecule has 0 aliphatic heterocycles. The SMILES string of the molecule is Cc1c(Cl)cc(F)c2c1C(N)CC2. The molecular formula is C10H11ClFN. The summed E-state index contributed by atoms with van der Waals surface area (Å²) in [4.78, 5) is 0. The molecule has 0 amide bonds.